The molecule has 90 valence electrons. The van der Waals surface area contributed by atoms with E-state index in [9.17, 15) is 4.79 Å². The molecule has 0 radical (unpaired) electrons. The van der Waals surface area contributed by atoms with Crippen LogP contribution < -0.4 is 5.73 Å². The molecule has 0 fully saturated rings. The first-order chi connectivity index (χ1) is 8.15. The predicted molar refractivity (Wildman–Crippen MR) is 67.9 cm³/mol. The Balaban J connectivity index is 2.60. The molecule has 2 aromatic rings. The monoisotopic (exact) mass is 231 g/mol. The Morgan fingerprint density at radius 3 is 2.82 bits per heavy atom. The van der Waals surface area contributed by atoms with Crippen LogP contribution in [0.2, 0.25) is 0 Å². The molecule has 4 nitrogen and oxygen atoms in total. The molecule has 2 N–H and O–H groups in total. The number of nitrogens with zero attached hydrogens (tertiary/aromatic N) is 2. The third-order valence-corrected chi connectivity index (χ3v) is 2.97. The van der Waals surface area contributed by atoms with Gasteiger partial charge in [-0.25, -0.2) is 0 Å². The molecule has 0 saturated heterocycles. The summed E-state index contributed by atoms with van der Waals surface area (Å²) in [7, 11) is 0. The Morgan fingerprint density at radius 1 is 1.47 bits per heavy atom. The van der Waals surface area contributed by atoms with Gasteiger partial charge in [0.2, 0.25) is 0 Å². The van der Waals surface area contributed by atoms with Crippen molar-refractivity contribution in [3.05, 3.63) is 30.0 Å². The quantitative estimate of drug-likeness (QED) is 0.878. The smallest absolute Gasteiger partial charge is 0.269 e. The van der Waals surface area contributed by atoms with Crippen molar-refractivity contribution in [2.75, 3.05) is 0 Å². The van der Waals surface area contributed by atoms with Gasteiger partial charge in [0.25, 0.3) is 5.91 Å². The van der Waals surface area contributed by atoms with Crippen LogP contribution in [0.1, 0.15) is 43.2 Å². The summed E-state index contributed by atoms with van der Waals surface area (Å²) < 4.78 is 1.90. The van der Waals surface area contributed by atoms with Gasteiger partial charge >= 0.3 is 0 Å². The average Bonchev–Trinajstić information content (AvgIpc) is 2.69. The third-order valence-electron chi connectivity index (χ3n) is 2.97. The van der Waals surface area contributed by atoms with Crippen LogP contribution in [0.5, 0.6) is 0 Å². The summed E-state index contributed by atoms with van der Waals surface area (Å²) in [6.45, 7) is 4.24. The maximum atomic E-state index is 11.4. The standard InChI is InChI=1S/C13H17N3O/c1-3-6-9(2)16-11-8-5-4-7-10(11)12(15-16)13(14)17/h4-5,7-9H,3,6H2,1-2H3,(H2,14,17). The topological polar surface area (TPSA) is 60.9 Å². The second kappa shape index (κ2) is 4.57. The van der Waals surface area contributed by atoms with Gasteiger partial charge in [-0.1, -0.05) is 31.5 Å². The molecule has 0 aliphatic heterocycles. The first-order valence-electron chi connectivity index (χ1n) is 5.92. The number of amides is 1. The molecule has 1 aromatic carbocycles. The second-order valence-electron chi connectivity index (χ2n) is 4.31. The van der Waals surface area contributed by atoms with Gasteiger partial charge in [0.1, 0.15) is 0 Å². The highest BCUT2D eigenvalue weighted by atomic mass is 16.1. The van der Waals surface area contributed by atoms with Crippen molar-refractivity contribution in [2.45, 2.75) is 32.7 Å². The summed E-state index contributed by atoms with van der Waals surface area (Å²) >= 11 is 0. The minimum absolute atomic E-state index is 0.276. The fourth-order valence-corrected chi connectivity index (χ4v) is 2.15. The minimum Gasteiger partial charge on any atom is -0.364 e. The molecule has 1 heterocycles. The molecule has 0 spiro atoms. The van der Waals surface area contributed by atoms with Gasteiger partial charge in [-0.15, -0.1) is 0 Å². The number of hydrogen-bond donors (Lipinski definition) is 1. The number of carbonyl (C=O) groups excluding carboxylic acids is 1. The Kier molecular flexibility index (Phi) is 3.13. The lowest BCUT2D eigenvalue weighted by Gasteiger charge is -2.11. The zero-order chi connectivity index (χ0) is 12.4. The van der Waals surface area contributed by atoms with Crippen LogP contribution >= 0.6 is 0 Å². The fraction of sp³-hybridized carbons (Fsp3) is 0.385. The number of fused-ring (bicyclic) bond motifs is 1. The van der Waals surface area contributed by atoms with Crippen molar-refractivity contribution in [2.24, 2.45) is 5.73 Å². The first-order valence-corrected chi connectivity index (χ1v) is 5.92. The number of para-hydroxylation sites is 1. The molecule has 17 heavy (non-hydrogen) atoms. The second-order valence-corrected chi connectivity index (χ2v) is 4.31. The number of carbonyl (C=O) groups is 1. The van der Waals surface area contributed by atoms with E-state index in [0.717, 1.165) is 23.7 Å². The van der Waals surface area contributed by atoms with Gasteiger partial charge in [0.05, 0.1) is 5.52 Å². The normalized spacial score (nSPS) is 12.8. The first kappa shape index (κ1) is 11.6. The Labute approximate surface area is 100 Å². The number of primary amides is 1. The molecule has 0 saturated carbocycles. The van der Waals surface area contributed by atoms with Crippen molar-refractivity contribution in [1.29, 1.82) is 0 Å². The fourth-order valence-electron chi connectivity index (χ4n) is 2.15. The average molecular weight is 231 g/mol. The molecule has 0 bridgehead atoms. The number of aromatic nitrogens is 2. The highest BCUT2D eigenvalue weighted by Gasteiger charge is 2.16. The number of nitrogens with two attached hydrogens (primary N) is 1. The van der Waals surface area contributed by atoms with Crippen LogP contribution in [0.3, 0.4) is 0 Å². The van der Waals surface area contributed by atoms with E-state index in [1.54, 1.807) is 0 Å². The zero-order valence-electron chi connectivity index (χ0n) is 10.2. The summed E-state index contributed by atoms with van der Waals surface area (Å²) in [5.41, 5.74) is 6.69. The van der Waals surface area contributed by atoms with E-state index >= 15 is 0 Å². The Morgan fingerprint density at radius 2 is 2.18 bits per heavy atom. The molecule has 2 rings (SSSR count). The van der Waals surface area contributed by atoms with Gasteiger partial charge in [-0.05, 0) is 19.4 Å². The van der Waals surface area contributed by atoms with Crippen LogP contribution in [0, 0.1) is 0 Å². The zero-order valence-corrected chi connectivity index (χ0v) is 10.2. The molecular weight excluding hydrogens is 214 g/mol. The van der Waals surface area contributed by atoms with Gasteiger partial charge in [-0.2, -0.15) is 5.10 Å². The lowest BCUT2D eigenvalue weighted by atomic mass is 10.1. The summed E-state index contributed by atoms with van der Waals surface area (Å²) in [6, 6.07) is 7.98. The van der Waals surface area contributed by atoms with Crippen molar-refractivity contribution >= 4 is 16.8 Å². The van der Waals surface area contributed by atoms with Crippen molar-refractivity contribution < 1.29 is 4.79 Å². The largest absolute Gasteiger partial charge is 0.364 e. The van der Waals surface area contributed by atoms with Crippen LogP contribution in [0.25, 0.3) is 10.9 Å². The molecule has 1 atom stereocenters. The maximum Gasteiger partial charge on any atom is 0.269 e. The van der Waals surface area contributed by atoms with Crippen LogP contribution in [0.15, 0.2) is 24.3 Å². The van der Waals surface area contributed by atoms with Gasteiger partial charge in [0, 0.05) is 11.4 Å². The van der Waals surface area contributed by atoms with Gasteiger partial charge in [0.15, 0.2) is 5.69 Å². The third kappa shape index (κ3) is 2.02. The SMILES string of the molecule is CCCC(C)n1nc(C(N)=O)c2ccccc21. The molecule has 4 heteroatoms. The van der Waals surface area contributed by atoms with E-state index in [4.69, 9.17) is 5.73 Å². The van der Waals surface area contributed by atoms with Crippen molar-refractivity contribution in [3.63, 3.8) is 0 Å². The number of rotatable bonds is 4. The summed E-state index contributed by atoms with van der Waals surface area (Å²) in [5, 5.41) is 5.19. The summed E-state index contributed by atoms with van der Waals surface area (Å²) in [5.74, 6) is -0.469. The highest BCUT2D eigenvalue weighted by molar-refractivity contribution is 6.04. The van der Waals surface area contributed by atoms with Crippen LogP contribution in [0.4, 0.5) is 0 Å². The summed E-state index contributed by atoms with van der Waals surface area (Å²) in [6.07, 6.45) is 2.12. The molecular formula is C13H17N3O. The summed E-state index contributed by atoms with van der Waals surface area (Å²) in [4.78, 5) is 11.4. The molecule has 1 aromatic heterocycles. The van der Waals surface area contributed by atoms with E-state index < -0.39 is 5.91 Å². The lowest BCUT2D eigenvalue weighted by Crippen LogP contribution is -2.14. The number of benzene rings is 1. The number of hydrogen-bond acceptors (Lipinski definition) is 2. The van der Waals surface area contributed by atoms with Crippen LogP contribution in [-0.4, -0.2) is 15.7 Å². The Hall–Kier alpha value is -1.84. The maximum absolute atomic E-state index is 11.4. The minimum atomic E-state index is -0.469. The van der Waals surface area contributed by atoms with E-state index in [-0.39, 0.29) is 6.04 Å². The van der Waals surface area contributed by atoms with Crippen LogP contribution in [-0.2, 0) is 0 Å². The molecule has 1 amide bonds. The van der Waals surface area contributed by atoms with E-state index in [1.807, 2.05) is 28.9 Å². The molecule has 1 unspecified atom stereocenters. The van der Waals surface area contributed by atoms with Crippen molar-refractivity contribution in [3.8, 4) is 0 Å². The van der Waals surface area contributed by atoms with E-state index in [0.29, 0.717) is 5.69 Å². The van der Waals surface area contributed by atoms with Crippen molar-refractivity contribution in [1.82, 2.24) is 9.78 Å². The predicted octanol–water partition coefficient (Wildman–Crippen LogP) is 2.50. The molecule has 0 aliphatic carbocycles. The highest BCUT2D eigenvalue weighted by Crippen LogP contribution is 2.23. The van der Waals surface area contributed by atoms with E-state index in [2.05, 4.69) is 18.9 Å². The van der Waals surface area contributed by atoms with Gasteiger partial charge < -0.3 is 5.73 Å². The van der Waals surface area contributed by atoms with E-state index in [1.165, 1.54) is 0 Å². The Bertz CT molecular complexity index is 545. The van der Waals surface area contributed by atoms with Gasteiger partial charge in [-0.3, -0.25) is 9.48 Å². The molecule has 0 aliphatic rings. The lowest BCUT2D eigenvalue weighted by molar-refractivity contribution is 0.0996.